The van der Waals surface area contributed by atoms with Crippen molar-refractivity contribution in [2.24, 2.45) is 5.92 Å². The number of hydrogen-bond acceptors (Lipinski definition) is 3. The molecule has 1 aromatic rings. The molecule has 126 valence electrons. The van der Waals surface area contributed by atoms with Crippen LogP contribution in [0.3, 0.4) is 0 Å². The van der Waals surface area contributed by atoms with Gasteiger partial charge < -0.3 is 15.1 Å². The third kappa shape index (κ3) is 4.41. The molecule has 0 radical (unpaired) electrons. The van der Waals surface area contributed by atoms with Crippen LogP contribution in [0.25, 0.3) is 0 Å². The lowest BCUT2D eigenvalue weighted by Crippen LogP contribution is -2.58. The maximum atomic E-state index is 12.4. The molecule has 3 amide bonds. The highest BCUT2D eigenvalue weighted by molar-refractivity contribution is 7.98. The summed E-state index contributed by atoms with van der Waals surface area (Å²) in [6.45, 7) is 7.89. The predicted octanol–water partition coefficient (Wildman–Crippen LogP) is 3.13. The van der Waals surface area contributed by atoms with Gasteiger partial charge in [-0.05, 0) is 43.4 Å². The second-order valence-electron chi connectivity index (χ2n) is 6.21. The van der Waals surface area contributed by atoms with Crippen molar-refractivity contribution >= 4 is 29.4 Å². The number of piperazine rings is 1. The van der Waals surface area contributed by atoms with Crippen LogP contribution in [0.5, 0.6) is 0 Å². The minimum atomic E-state index is -0.423. The average Bonchev–Trinajstić information content (AvgIpc) is 2.52. The van der Waals surface area contributed by atoms with E-state index in [1.807, 2.05) is 35.4 Å². The first kappa shape index (κ1) is 17.7. The number of carbonyl (C=O) groups is 2. The molecule has 1 atom stereocenters. The molecular formula is C17H25N3O2S. The summed E-state index contributed by atoms with van der Waals surface area (Å²) in [5.74, 6) is 0.458. The van der Waals surface area contributed by atoms with E-state index in [1.165, 1.54) is 0 Å². The monoisotopic (exact) mass is 335 g/mol. The van der Waals surface area contributed by atoms with Crippen LogP contribution in [0.1, 0.15) is 20.8 Å². The number of anilines is 1. The summed E-state index contributed by atoms with van der Waals surface area (Å²) in [5, 5.41) is 2.88. The summed E-state index contributed by atoms with van der Waals surface area (Å²) in [4.78, 5) is 29.5. The van der Waals surface area contributed by atoms with E-state index in [0.29, 0.717) is 19.0 Å². The predicted molar refractivity (Wildman–Crippen MR) is 94.8 cm³/mol. The fraction of sp³-hybridized carbons (Fsp3) is 0.529. The van der Waals surface area contributed by atoms with Crippen molar-refractivity contribution in [3.63, 3.8) is 0 Å². The largest absolute Gasteiger partial charge is 0.339 e. The first-order valence-corrected chi connectivity index (χ1v) is 9.15. The van der Waals surface area contributed by atoms with Crippen molar-refractivity contribution in [3.05, 3.63) is 24.3 Å². The van der Waals surface area contributed by atoms with Gasteiger partial charge in [0.15, 0.2) is 0 Å². The zero-order valence-electron chi connectivity index (χ0n) is 14.2. The molecule has 0 unspecified atom stereocenters. The highest BCUT2D eigenvalue weighted by Crippen LogP contribution is 2.19. The molecular weight excluding hydrogens is 310 g/mol. The third-order valence-electron chi connectivity index (χ3n) is 3.94. The van der Waals surface area contributed by atoms with E-state index >= 15 is 0 Å². The molecule has 0 bridgehead atoms. The summed E-state index contributed by atoms with van der Waals surface area (Å²) in [5.41, 5.74) is 0.747. The number of hydrogen-bond donors (Lipinski definition) is 1. The summed E-state index contributed by atoms with van der Waals surface area (Å²) in [6, 6.07) is 7.06. The van der Waals surface area contributed by atoms with Crippen molar-refractivity contribution in [2.75, 3.05) is 31.2 Å². The minimum absolute atomic E-state index is 0.0258. The van der Waals surface area contributed by atoms with Crippen molar-refractivity contribution in [3.8, 4) is 0 Å². The molecule has 2 rings (SSSR count). The van der Waals surface area contributed by atoms with Crippen LogP contribution in [0.2, 0.25) is 0 Å². The number of nitrogens with zero attached hydrogens (tertiary/aromatic N) is 2. The normalized spacial score (nSPS) is 18.5. The van der Waals surface area contributed by atoms with Gasteiger partial charge in [0.05, 0.1) is 0 Å². The molecule has 0 aromatic heterocycles. The van der Waals surface area contributed by atoms with Crippen LogP contribution in [-0.4, -0.2) is 53.7 Å². The number of rotatable bonds is 4. The maximum Gasteiger partial charge on any atom is 0.322 e. The van der Waals surface area contributed by atoms with Crippen LogP contribution in [0, 0.1) is 5.92 Å². The Labute approximate surface area is 142 Å². The number of urea groups is 1. The Morgan fingerprint density at radius 1 is 1.30 bits per heavy atom. The lowest BCUT2D eigenvalue weighted by molar-refractivity contribution is -0.139. The third-order valence-corrected chi connectivity index (χ3v) is 4.68. The zero-order valence-corrected chi connectivity index (χ0v) is 15.0. The molecule has 0 aliphatic carbocycles. The standard InChI is InChI=1S/C17H25N3O2S/c1-12(2)11-19-9-10-20(13(3)16(19)21)17(22)18-14-5-7-15(23-4)8-6-14/h5-8,12-13H,9-11H2,1-4H3,(H,18,22)/t13-/m1/s1. The van der Waals surface area contributed by atoms with Crippen molar-refractivity contribution in [1.82, 2.24) is 9.80 Å². The summed E-state index contributed by atoms with van der Waals surface area (Å²) < 4.78 is 0. The number of amides is 3. The Morgan fingerprint density at radius 3 is 2.52 bits per heavy atom. The fourth-order valence-corrected chi connectivity index (χ4v) is 3.11. The van der Waals surface area contributed by atoms with E-state index < -0.39 is 6.04 Å². The average molecular weight is 335 g/mol. The second kappa shape index (κ2) is 7.73. The van der Waals surface area contributed by atoms with Gasteiger partial charge in [-0.3, -0.25) is 4.79 Å². The van der Waals surface area contributed by atoms with Gasteiger partial charge in [0.2, 0.25) is 5.91 Å². The molecule has 1 aromatic carbocycles. The van der Waals surface area contributed by atoms with Crippen molar-refractivity contribution < 1.29 is 9.59 Å². The van der Waals surface area contributed by atoms with Crippen LogP contribution >= 0.6 is 11.8 Å². The molecule has 23 heavy (non-hydrogen) atoms. The Hall–Kier alpha value is -1.69. The van der Waals surface area contributed by atoms with E-state index in [-0.39, 0.29) is 11.9 Å². The van der Waals surface area contributed by atoms with E-state index in [1.54, 1.807) is 23.6 Å². The van der Waals surface area contributed by atoms with Gasteiger partial charge in [0.25, 0.3) is 0 Å². The molecule has 5 nitrogen and oxygen atoms in total. The lowest BCUT2D eigenvalue weighted by Gasteiger charge is -2.39. The first-order valence-electron chi connectivity index (χ1n) is 7.93. The molecule has 0 saturated carbocycles. The van der Waals surface area contributed by atoms with Crippen LogP contribution < -0.4 is 5.32 Å². The molecule has 6 heteroatoms. The van der Waals surface area contributed by atoms with Gasteiger partial charge >= 0.3 is 6.03 Å². The van der Waals surface area contributed by atoms with E-state index in [4.69, 9.17) is 0 Å². The Morgan fingerprint density at radius 2 is 1.96 bits per heavy atom. The fourth-order valence-electron chi connectivity index (χ4n) is 2.70. The molecule has 1 aliphatic heterocycles. The van der Waals surface area contributed by atoms with Crippen molar-refractivity contribution in [1.29, 1.82) is 0 Å². The van der Waals surface area contributed by atoms with Crippen LogP contribution in [-0.2, 0) is 4.79 Å². The molecule has 0 spiro atoms. The number of carbonyl (C=O) groups excluding carboxylic acids is 2. The van der Waals surface area contributed by atoms with Gasteiger partial charge in [0, 0.05) is 30.2 Å². The van der Waals surface area contributed by atoms with E-state index in [2.05, 4.69) is 19.2 Å². The zero-order chi connectivity index (χ0) is 17.0. The number of thioether (sulfide) groups is 1. The summed E-state index contributed by atoms with van der Waals surface area (Å²) >= 11 is 1.66. The van der Waals surface area contributed by atoms with Gasteiger partial charge in [-0.25, -0.2) is 4.79 Å². The Kier molecular flexibility index (Phi) is 5.93. The van der Waals surface area contributed by atoms with Gasteiger partial charge in [-0.15, -0.1) is 11.8 Å². The minimum Gasteiger partial charge on any atom is -0.339 e. The molecule has 1 N–H and O–H groups in total. The first-order chi connectivity index (χ1) is 10.9. The highest BCUT2D eigenvalue weighted by atomic mass is 32.2. The quantitative estimate of drug-likeness (QED) is 0.860. The Bertz CT molecular complexity index is 559. The van der Waals surface area contributed by atoms with Crippen LogP contribution in [0.15, 0.2) is 29.2 Å². The second-order valence-corrected chi connectivity index (χ2v) is 7.09. The molecule has 1 fully saturated rings. The molecule has 1 heterocycles. The molecule has 1 aliphatic rings. The van der Waals surface area contributed by atoms with E-state index in [0.717, 1.165) is 17.1 Å². The topological polar surface area (TPSA) is 52.7 Å². The number of nitrogens with one attached hydrogen (secondary N) is 1. The Balaban J connectivity index is 1.98. The highest BCUT2D eigenvalue weighted by Gasteiger charge is 2.34. The van der Waals surface area contributed by atoms with Gasteiger partial charge in [-0.2, -0.15) is 0 Å². The summed E-state index contributed by atoms with van der Waals surface area (Å²) in [7, 11) is 0. The van der Waals surface area contributed by atoms with Crippen molar-refractivity contribution in [2.45, 2.75) is 31.7 Å². The SMILES string of the molecule is CSc1ccc(NC(=O)N2CCN(CC(C)C)C(=O)[C@H]2C)cc1. The van der Waals surface area contributed by atoms with Gasteiger partial charge in [-0.1, -0.05) is 13.8 Å². The van der Waals surface area contributed by atoms with Crippen LogP contribution in [0.4, 0.5) is 10.5 Å². The maximum absolute atomic E-state index is 12.4. The van der Waals surface area contributed by atoms with Gasteiger partial charge in [0.1, 0.15) is 6.04 Å². The van der Waals surface area contributed by atoms with E-state index in [9.17, 15) is 9.59 Å². The number of benzene rings is 1. The summed E-state index contributed by atoms with van der Waals surface area (Å²) in [6.07, 6.45) is 2.01. The molecule has 1 saturated heterocycles. The smallest absolute Gasteiger partial charge is 0.322 e. The lowest BCUT2D eigenvalue weighted by atomic mass is 10.1.